The maximum absolute atomic E-state index is 13.0. The topological polar surface area (TPSA) is 106 Å². The van der Waals surface area contributed by atoms with Crippen LogP contribution in [0.3, 0.4) is 0 Å². The van der Waals surface area contributed by atoms with E-state index in [1.54, 1.807) is 60.8 Å². The van der Waals surface area contributed by atoms with Crippen molar-refractivity contribution in [3.05, 3.63) is 137 Å². The van der Waals surface area contributed by atoms with Crippen LogP contribution in [0.2, 0.25) is 0 Å². The Morgan fingerprint density at radius 1 is 0.833 bits per heavy atom. The minimum absolute atomic E-state index is 0.0575. The number of nitrogens with zero attached hydrogens (tertiary/aromatic N) is 2. The van der Waals surface area contributed by atoms with E-state index in [0.29, 0.717) is 17.7 Å². The van der Waals surface area contributed by atoms with Gasteiger partial charge in [-0.25, -0.2) is 19.4 Å². The smallest absolute Gasteiger partial charge is 0.349 e. The van der Waals surface area contributed by atoms with Gasteiger partial charge in [-0.15, -0.1) is 0 Å². The predicted octanol–water partition coefficient (Wildman–Crippen LogP) is 4.69. The molecule has 1 aromatic heterocycles. The predicted molar refractivity (Wildman–Crippen MR) is 154 cm³/mol. The van der Waals surface area contributed by atoms with Crippen molar-refractivity contribution in [3.63, 3.8) is 0 Å². The summed E-state index contributed by atoms with van der Waals surface area (Å²) in [5.41, 5.74) is 0.265. The van der Waals surface area contributed by atoms with E-state index in [2.05, 4.69) is 4.98 Å². The van der Waals surface area contributed by atoms with Gasteiger partial charge in [-0.2, -0.15) is 0 Å². The van der Waals surface area contributed by atoms with Crippen molar-refractivity contribution in [2.24, 2.45) is 11.3 Å². The van der Waals surface area contributed by atoms with Gasteiger partial charge in [-0.1, -0.05) is 73.7 Å². The molecular formula is C33H32N2O7. The van der Waals surface area contributed by atoms with Crippen LogP contribution in [-0.2, 0) is 25.6 Å². The van der Waals surface area contributed by atoms with Crippen molar-refractivity contribution in [2.75, 3.05) is 19.8 Å². The Morgan fingerprint density at radius 2 is 1.43 bits per heavy atom. The number of esters is 2. The Kier molecular flexibility index (Phi) is 9.21. The molecule has 3 aromatic carbocycles. The molecule has 2 heterocycles. The fraction of sp³-hybridized carbons (Fsp3) is 0.273. The Morgan fingerprint density at radius 3 is 2.05 bits per heavy atom. The Hall–Kier alpha value is -4.60. The molecule has 0 saturated carbocycles. The largest absolute Gasteiger partial charge is 0.462 e. The van der Waals surface area contributed by atoms with Crippen molar-refractivity contribution < 1.29 is 28.5 Å². The minimum Gasteiger partial charge on any atom is -0.462 e. The average molecular weight is 569 g/mol. The fourth-order valence-electron chi connectivity index (χ4n) is 5.15. The highest BCUT2D eigenvalue weighted by Crippen LogP contribution is 2.49. The van der Waals surface area contributed by atoms with Gasteiger partial charge in [0, 0.05) is 18.3 Å². The molecule has 0 radical (unpaired) electrons. The summed E-state index contributed by atoms with van der Waals surface area (Å²) in [6.45, 7) is 2.17. The molecule has 0 spiro atoms. The Balaban J connectivity index is 1.43. The molecule has 0 amide bonds. The van der Waals surface area contributed by atoms with Gasteiger partial charge in [-0.3, -0.25) is 4.57 Å². The molecule has 4 unspecified atom stereocenters. The molecule has 0 N–H and O–H groups in total. The van der Waals surface area contributed by atoms with Gasteiger partial charge < -0.3 is 18.9 Å². The molecule has 9 nitrogen and oxygen atoms in total. The molecule has 1 aliphatic rings. The average Bonchev–Trinajstić information content (AvgIpc) is 3.31. The van der Waals surface area contributed by atoms with Crippen molar-refractivity contribution in [2.45, 2.75) is 25.9 Å². The van der Waals surface area contributed by atoms with E-state index in [1.165, 1.54) is 10.8 Å². The summed E-state index contributed by atoms with van der Waals surface area (Å²) >= 11 is 0. The first-order chi connectivity index (χ1) is 20.5. The molecule has 0 bridgehead atoms. The summed E-state index contributed by atoms with van der Waals surface area (Å²) in [4.78, 5) is 42.7. The van der Waals surface area contributed by atoms with Gasteiger partial charge in [0.05, 0.1) is 42.5 Å². The van der Waals surface area contributed by atoms with E-state index in [9.17, 15) is 14.4 Å². The van der Waals surface area contributed by atoms with E-state index < -0.39 is 41.3 Å². The van der Waals surface area contributed by atoms with E-state index in [-0.39, 0.29) is 19.8 Å². The first kappa shape index (κ1) is 28.9. The van der Waals surface area contributed by atoms with Gasteiger partial charge in [0.25, 0.3) is 0 Å². The second-order valence-electron chi connectivity index (χ2n) is 10.4. The summed E-state index contributed by atoms with van der Waals surface area (Å²) in [5, 5.41) is 0. The minimum atomic E-state index is -1.00. The normalized spacial score (nSPS) is 21.5. The lowest BCUT2D eigenvalue weighted by Gasteiger charge is -2.35. The number of aromatic nitrogens is 2. The zero-order valence-electron chi connectivity index (χ0n) is 23.2. The molecule has 1 fully saturated rings. The van der Waals surface area contributed by atoms with E-state index >= 15 is 0 Å². The van der Waals surface area contributed by atoms with Crippen molar-refractivity contribution in [1.29, 1.82) is 0 Å². The number of carbonyl (C=O) groups excluding carboxylic acids is 2. The quantitative estimate of drug-likeness (QED) is 0.240. The fourth-order valence-corrected chi connectivity index (χ4v) is 5.15. The van der Waals surface area contributed by atoms with E-state index in [1.807, 2.05) is 49.4 Å². The number of benzene rings is 3. The molecule has 4 atom stereocenters. The zero-order chi connectivity index (χ0) is 29.4. The summed E-state index contributed by atoms with van der Waals surface area (Å²) in [6, 6.07) is 28.7. The first-order valence-electron chi connectivity index (χ1n) is 13.7. The lowest BCUT2D eigenvalue weighted by atomic mass is 9.76. The van der Waals surface area contributed by atoms with Crippen LogP contribution in [0.25, 0.3) is 0 Å². The second kappa shape index (κ2) is 13.4. The number of hydrogen-bond acceptors (Lipinski definition) is 8. The van der Waals surface area contributed by atoms with E-state index in [0.717, 1.165) is 5.56 Å². The van der Waals surface area contributed by atoms with Crippen LogP contribution in [0.5, 0.6) is 0 Å². The number of hydrogen-bond donors (Lipinski definition) is 0. The standard InChI is InChI=1S/C33H32N2O7/c1-33(23-41-30(37)26-16-9-4-10-17-26)27(21-40-29(36)25-14-7-3-8-15-25)28(22-39-20-24-12-5-2-6-13-24)42-31(33)35-19-11-18-34-32(35)38/h2-19,27-28,31H,20-23H2,1H3. The third-order valence-corrected chi connectivity index (χ3v) is 7.48. The van der Waals surface area contributed by atoms with Crippen LogP contribution >= 0.6 is 0 Å². The van der Waals surface area contributed by atoms with Gasteiger partial charge in [0.2, 0.25) is 0 Å². The molecule has 42 heavy (non-hydrogen) atoms. The highest BCUT2D eigenvalue weighted by molar-refractivity contribution is 5.89. The monoisotopic (exact) mass is 568 g/mol. The summed E-state index contributed by atoms with van der Waals surface area (Å²) in [6.07, 6.45) is 1.50. The second-order valence-corrected chi connectivity index (χ2v) is 10.4. The van der Waals surface area contributed by atoms with Crippen LogP contribution in [0, 0.1) is 11.3 Å². The molecule has 1 saturated heterocycles. The summed E-state index contributed by atoms with van der Waals surface area (Å²) in [7, 11) is 0. The highest BCUT2D eigenvalue weighted by Gasteiger charge is 2.56. The van der Waals surface area contributed by atoms with Crippen LogP contribution in [-0.4, -0.2) is 47.4 Å². The first-order valence-corrected chi connectivity index (χ1v) is 13.7. The Bertz CT molecular complexity index is 1530. The third-order valence-electron chi connectivity index (χ3n) is 7.48. The summed E-state index contributed by atoms with van der Waals surface area (Å²) in [5.74, 6) is -1.52. The van der Waals surface area contributed by atoms with Crippen LogP contribution < -0.4 is 5.69 Å². The molecule has 216 valence electrons. The van der Waals surface area contributed by atoms with Gasteiger partial charge in [-0.05, 0) is 35.9 Å². The van der Waals surface area contributed by atoms with Gasteiger partial charge in [0.1, 0.15) is 12.8 Å². The zero-order valence-corrected chi connectivity index (χ0v) is 23.2. The highest BCUT2D eigenvalue weighted by atomic mass is 16.6. The molecule has 1 aliphatic heterocycles. The van der Waals surface area contributed by atoms with Crippen molar-refractivity contribution >= 4 is 11.9 Å². The van der Waals surface area contributed by atoms with Gasteiger partial charge in [0.15, 0.2) is 0 Å². The van der Waals surface area contributed by atoms with Crippen molar-refractivity contribution in [3.8, 4) is 0 Å². The summed E-state index contributed by atoms with van der Waals surface area (Å²) < 4.78 is 25.5. The number of ether oxygens (including phenoxy) is 4. The third kappa shape index (κ3) is 6.64. The van der Waals surface area contributed by atoms with Gasteiger partial charge >= 0.3 is 17.6 Å². The molecule has 0 aliphatic carbocycles. The molecule has 9 heteroatoms. The van der Waals surface area contributed by atoms with Crippen molar-refractivity contribution in [1.82, 2.24) is 9.55 Å². The maximum atomic E-state index is 13.0. The molecular weight excluding hydrogens is 536 g/mol. The molecule has 4 aromatic rings. The van der Waals surface area contributed by atoms with E-state index in [4.69, 9.17) is 18.9 Å². The SMILES string of the molecule is CC1(COC(=O)c2ccccc2)C(COC(=O)c2ccccc2)C(COCc2ccccc2)OC1n1cccnc1=O. The Labute approximate surface area is 243 Å². The lowest BCUT2D eigenvalue weighted by molar-refractivity contribution is -0.0767. The lowest BCUT2D eigenvalue weighted by Crippen LogP contribution is -2.43. The van der Waals surface area contributed by atoms with Crippen LogP contribution in [0.15, 0.2) is 114 Å². The van der Waals surface area contributed by atoms with Crippen LogP contribution in [0.4, 0.5) is 0 Å². The number of rotatable bonds is 11. The number of carbonyl (C=O) groups is 2. The van der Waals surface area contributed by atoms with Crippen LogP contribution in [0.1, 0.15) is 39.4 Å². The molecule has 5 rings (SSSR count). The maximum Gasteiger partial charge on any atom is 0.349 e.